The van der Waals surface area contributed by atoms with Gasteiger partial charge in [-0.2, -0.15) is 4.31 Å². The first-order valence-corrected chi connectivity index (χ1v) is 10.7. The molecule has 3 aromatic rings. The highest BCUT2D eigenvalue weighted by Gasteiger charge is 2.23. The third kappa shape index (κ3) is 5.42. The van der Waals surface area contributed by atoms with E-state index in [4.69, 9.17) is 23.2 Å². The van der Waals surface area contributed by atoms with E-state index in [9.17, 15) is 8.42 Å². The first-order valence-electron chi connectivity index (χ1n) is 8.52. The molecule has 0 N–H and O–H groups in total. The van der Waals surface area contributed by atoms with Gasteiger partial charge in [-0.25, -0.2) is 8.42 Å². The highest BCUT2D eigenvalue weighted by Crippen LogP contribution is 2.21. The first kappa shape index (κ1) is 20.6. The van der Waals surface area contributed by atoms with Crippen molar-refractivity contribution < 1.29 is 8.42 Å². The van der Waals surface area contributed by atoms with E-state index in [0.29, 0.717) is 10.0 Å². The number of aromatic nitrogens is 1. The van der Waals surface area contributed by atoms with Crippen LogP contribution in [0.15, 0.2) is 84.0 Å². The van der Waals surface area contributed by atoms with Crippen molar-refractivity contribution in [3.8, 4) is 0 Å². The lowest BCUT2D eigenvalue weighted by Gasteiger charge is -2.21. The van der Waals surface area contributed by atoms with Gasteiger partial charge in [0, 0.05) is 35.5 Å². The van der Waals surface area contributed by atoms with Crippen molar-refractivity contribution in [3.05, 3.63) is 100 Å². The van der Waals surface area contributed by atoms with Crippen molar-refractivity contribution in [2.24, 2.45) is 0 Å². The summed E-state index contributed by atoms with van der Waals surface area (Å²) >= 11 is 12.0. The molecule has 4 nitrogen and oxygen atoms in total. The largest absolute Gasteiger partial charge is 0.263 e. The summed E-state index contributed by atoms with van der Waals surface area (Å²) in [4.78, 5) is 4.09. The number of hydrogen-bond donors (Lipinski definition) is 0. The Balaban J connectivity index is 1.87. The van der Waals surface area contributed by atoms with Gasteiger partial charge in [0.05, 0.1) is 0 Å². The van der Waals surface area contributed by atoms with Crippen LogP contribution in [0, 0.1) is 0 Å². The van der Waals surface area contributed by atoms with Gasteiger partial charge < -0.3 is 0 Å². The topological polar surface area (TPSA) is 50.3 Å². The van der Waals surface area contributed by atoms with Crippen LogP contribution >= 0.6 is 23.2 Å². The molecule has 0 aliphatic carbocycles. The quantitative estimate of drug-likeness (QED) is 0.509. The number of sulfonamides is 1. The molecule has 7 heteroatoms. The zero-order chi connectivity index (χ0) is 20.0. The van der Waals surface area contributed by atoms with Crippen molar-refractivity contribution in [1.29, 1.82) is 0 Å². The molecule has 0 spiro atoms. The molecule has 0 aliphatic rings. The second kappa shape index (κ2) is 9.34. The van der Waals surface area contributed by atoms with Gasteiger partial charge in [-0.15, -0.1) is 0 Å². The number of benzene rings is 2. The molecule has 0 radical (unpaired) electrons. The van der Waals surface area contributed by atoms with Gasteiger partial charge in [0.15, 0.2) is 0 Å². The molecule has 2 aromatic carbocycles. The Bertz CT molecular complexity index is 1040. The summed E-state index contributed by atoms with van der Waals surface area (Å²) in [5.41, 5.74) is 1.70. The van der Waals surface area contributed by atoms with Crippen molar-refractivity contribution >= 4 is 39.3 Å². The summed E-state index contributed by atoms with van der Waals surface area (Å²) in [5, 5.41) is 1.05. The van der Waals surface area contributed by atoms with E-state index in [1.807, 2.05) is 30.3 Å². The normalized spacial score (nSPS) is 12.0. The molecule has 3 rings (SSSR count). The van der Waals surface area contributed by atoms with E-state index in [1.54, 1.807) is 48.7 Å². The van der Waals surface area contributed by atoms with Crippen LogP contribution < -0.4 is 0 Å². The number of rotatable bonds is 7. The Morgan fingerprint density at radius 3 is 2.32 bits per heavy atom. The molecule has 0 aliphatic heterocycles. The third-order valence-corrected chi connectivity index (χ3v) is 6.21. The molecule has 0 saturated carbocycles. The molecule has 0 fully saturated rings. The maximum Gasteiger partial charge on any atom is 0.245 e. The van der Waals surface area contributed by atoms with E-state index in [2.05, 4.69) is 4.98 Å². The Morgan fingerprint density at radius 1 is 0.964 bits per heavy atom. The highest BCUT2D eigenvalue weighted by molar-refractivity contribution is 7.89. The average molecular weight is 433 g/mol. The lowest BCUT2D eigenvalue weighted by Crippen LogP contribution is -2.31. The minimum atomic E-state index is -3.70. The summed E-state index contributed by atoms with van der Waals surface area (Å²) < 4.78 is 27.6. The van der Waals surface area contributed by atoms with Crippen molar-refractivity contribution in [3.63, 3.8) is 0 Å². The third-order valence-electron chi connectivity index (χ3n) is 3.98. The van der Waals surface area contributed by atoms with Crippen LogP contribution in [0.5, 0.6) is 0 Å². The Morgan fingerprint density at radius 2 is 1.68 bits per heavy atom. The molecule has 144 valence electrons. The fourth-order valence-electron chi connectivity index (χ4n) is 2.66. The van der Waals surface area contributed by atoms with Gasteiger partial charge in [0.25, 0.3) is 0 Å². The van der Waals surface area contributed by atoms with Gasteiger partial charge in [-0.05, 0) is 41.5 Å². The number of nitrogens with zero attached hydrogens (tertiary/aromatic N) is 2. The van der Waals surface area contributed by atoms with E-state index in [-0.39, 0.29) is 18.0 Å². The van der Waals surface area contributed by atoms with Gasteiger partial charge in [0.1, 0.15) is 4.90 Å². The van der Waals surface area contributed by atoms with E-state index >= 15 is 0 Å². The van der Waals surface area contributed by atoms with Gasteiger partial charge >= 0.3 is 0 Å². The zero-order valence-corrected chi connectivity index (χ0v) is 17.2. The van der Waals surface area contributed by atoms with Crippen molar-refractivity contribution in [2.45, 2.75) is 11.4 Å². The van der Waals surface area contributed by atoms with Crippen LogP contribution in [0.2, 0.25) is 10.0 Å². The van der Waals surface area contributed by atoms with Crippen LogP contribution in [0.3, 0.4) is 0 Å². The molecule has 0 amide bonds. The minimum absolute atomic E-state index is 0.158. The average Bonchev–Trinajstić information content (AvgIpc) is 2.68. The lowest BCUT2D eigenvalue weighted by molar-refractivity contribution is 0.438. The Hall–Kier alpha value is -2.18. The maximum atomic E-state index is 13.1. The van der Waals surface area contributed by atoms with Crippen LogP contribution in [-0.2, 0) is 16.6 Å². The summed E-state index contributed by atoms with van der Waals surface area (Å²) in [6, 6.07) is 17.8. The van der Waals surface area contributed by atoms with E-state index < -0.39 is 10.0 Å². The molecule has 0 saturated heterocycles. The lowest BCUT2D eigenvalue weighted by atomic mass is 10.2. The van der Waals surface area contributed by atoms with Gasteiger partial charge in [0.2, 0.25) is 10.0 Å². The summed E-state index contributed by atoms with van der Waals surface area (Å²) in [7, 11) is -3.70. The molecule has 1 aromatic heterocycles. The zero-order valence-electron chi connectivity index (χ0n) is 14.9. The fourth-order valence-corrected chi connectivity index (χ4v) is 4.55. The monoisotopic (exact) mass is 432 g/mol. The summed E-state index contributed by atoms with van der Waals surface area (Å²) in [5.74, 6) is 0. The molecular weight excluding hydrogens is 415 g/mol. The van der Waals surface area contributed by atoms with Gasteiger partial charge in [-0.1, -0.05) is 65.7 Å². The van der Waals surface area contributed by atoms with E-state index in [0.717, 1.165) is 11.1 Å². The molecular formula is C21H18Cl2N2O2S. The van der Waals surface area contributed by atoms with Crippen LogP contribution in [-0.4, -0.2) is 24.3 Å². The second-order valence-electron chi connectivity index (χ2n) is 6.08. The van der Waals surface area contributed by atoms with Crippen LogP contribution in [0.25, 0.3) is 6.08 Å². The van der Waals surface area contributed by atoms with Crippen molar-refractivity contribution in [1.82, 2.24) is 9.29 Å². The SMILES string of the molecule is O=S(=O)(c1cccnc1)N(CC=Cc1cc(Cl)cc(Cl)c1)Cc1ccccc1. The Labute approximate surface area is 175 Å². The predicted molar refractivity (Wildman–Crippen MR) is 114 cm³/mol. The smallest absolute Gasteiger partial charge is 0.245 e. The van der Waals surface area contributed by atoms with Gasteiger partial charge in [-0.3, -0.25) is 4.98 Å². The van der Waals surface area contributed by atoms with Crippen LogP contribution in [0.4, 0.5) is 0 Å². The molecule has 0 unspecified atom stereocenters. The molecule has 28 heavy (non-hydrogen) atoms. The maximum absolute atomic E-state index is 13.1. The first-order chi connectivity index (χ1) is 13.4. The van der Waals surface area contributed by atoms with E-state index in [1.165, 1.54) is 10.5 Å². The second-order valence-corrected chi connectivity index (χ2v) is 8.89. The summed E-state index contributed by atoms with van der Waals surface area (Å²) in [6.07, 6.45) is 6.48. The van der Waals surface area contributed by atoms with Crippen LogP contribution in [0.1, 0.15) is 11.1 Å². The summed E-state index contributed by atoms with van der Waals surface area (Å²) in [6.45, 7) is 0.439. The fraction of sp³-hybridized carbons (Fsp3) is 0.0952. The minimum Gasteiger partial charge on any atom is -0.263 e. The number of hydrogen-bond acceptors (Lipinski definition) is 3. The highest BCUT2D eigenvalue weighted by atomic mass is 35.5. The standard InChI is InChI=1S/C21H18Cl2N2O2S/c22-19-12-18(13-20(23)14-19)8-5-11-25(16-17-6-2-1-3-7-17)28(26,27)21-9-4-10-24-15-21/h1-10,12-15H,11,16H2. The predicted octanol–water partition coefficient (Wildman–Crippen LogP) is 5.29. The Kier molecular flexibility index (Phi) is 6.86. The molecule has 0 bridgehead atoms. The number of halogens is 2. The molecule has 1 heterocycles. The number of pyridine rings is 1. The molecule has 0 atom stereocenters. The van der Waals surface area contributed by atoms with Crippen molar-refractivity contribution in [2.75, 3.05) is 6.54 Å².